The van der Waals surface area contributed by atoms with Crippen LogP contribution in [0.15, 0.2) is 34.9 Å². The molecule has 0 radical (unpaired) electrons. The highest BCUT2D eigenvalue weighted by Crippen LogP contribution is 2.67. The second-order valence-electron chi connectivity index (χ2n) is 15.8. The maximum Gasteiger partial charge on any atom is 0.186 e. The molecule has 4 aliphatic carbocycles. The molecule has 11 atom stereocenters. The lowest BCUT2D eigenvalue weighted by Gasteiger charge is -2.53. The van der Waals surface area contributed by atoms with Crippen LogP contribution >= 0.6 is 0 Å². The van der Waals surface area contributed by atoms with Gasteiger partial charge in [0.15, 0.2) is 12.1 Å². The third-order valence-corrected chi connectivity index (χ3v) is 11.9. The van der Waals surface area contributed by atoms with Crippen LogP contribution in [0, 0.1) is 34.0 Å². The van der Waals surface area contributed by atoms with Crippen molar-refractivity contribution >= 4 is 11.6 Å². The zero-order valence-electron chi connectivity index (χ0n) is 27.2. The summed E-state index contributed by atoms with van der Waals surface area (Å²) in [6.07, 6.45) is 3.15. The van der Waals surface area contributed by atoms with Crippen LogP contribution in [0.3, 0.4) is 0 Å². The summed E-state index contributed by atoms with van der Waals surface area (Å²) in [5, 5.41) is 52.4. The summed E-state index contributed by atoms with van der Waals surface area (Å²) in [6.45, 7) is 13.4. The molecule has 0 spiro atoms. The number of hydrogen-bond acceptors (Lipinski definition) is 9. The summed E-state index contributed by atoms with van der Waals surface area (Å²) in [7, 11) is 0. The number of ketones is 2. The van der Waals surface area contributed by atoms with Crippen LogP contribution in [0.25, 0.3) is 0 Å². The van der Waals surface area contributed by atoms with Crippen LogP contribution in [0.1, 0.15) is 87.0 Å². The van der Waals surface area contributed by atoms with Crippen LogP contribution in [-0.2, 0) is 19.1 Å². The lowest BCUT2D eigenvalue weighted by Crippen LogP contribution is -2.55. The number of aliphatic hydroxyl groups excluding tert-OH is 4. The van der Waals surface area contributed by atoms with E-state index in [1.165, 1.54) is 5.57 Å². The number of carbonyl (C=O) groups excluding carboxylic acids is 2. The molecule has 44 heavy (non-hydrogen) atoms. The topological polar surface area (TPSA) is 154 Å². The normalized spacial score (nSPS) is 42.6. The molecule has 9 heteroatoms. The molecule has 0 aromatic rings. The van der Waals surface area contributed by atoms with Crippen molar-refractivity contribution in [2.75, 3.05) is 6.61 Å². The zero-order chi connectivity index (χ0) is 32.6. The van der Waals surface area contributed by atoms with Crippen LogP contribution in [-0.4, -0.2) is 86.1 Å². The minimum Gasteiger partial charge on any atom is -0.390 e. The average Bonchev–Trinajstić information content (AvgIpc) is 3.03. The molecule has 5 aliphatic rings. The minimum absolute atomic E-state index is 0.0253. The van der Waals surface area contributed by atoms with Crippen molar-refractivity contribution in [2.45, 2.75) is 129 Å². The van der Waals surface area contributed by atoms with Gasteiger partial charge in [0.05, 0.1) is 18.3 Å². The Morgan fingerprint density at radius 3 is 2.45 bits per heavy atom. The van der Waals surface area contributed by atoms with Gasteiger partial charge < -0.3 is 35.0 Å². The van der Waals surface area contributed by atoms with Crippen molar-refractivity contribution in [3.05, 3.63) is 34.9 Å². The van der Waals surface area contributed by atoms with Gasteiger partial charge in [-0.25, -0.2) is 0 Å². The van der Waals surface area contributed by atoms with Crippen molar-refractivity contribution in [3.8, 4) is 0 Å². The van der Waals surface area contributed by atoms with E-state index in [4.69, 9.17) is 9.47 Å². The molecule has 2 saturated carbocycles. The molecule has 0 aromatic heterocycles. The van der Waals surface area contributed by atoms with Gasteiger partial charge in [0, 0.05) is 29.6 Å². The van der Waals surface area contributed by atoms with Gasteiger partial charge in [-0.2, -0.15) is 0 Å². The Morgan fingerprint density at radius 2 is 1.80 bits per heavy atom. The molecule has 0 aromatic carbocycles. The summed E-state index contributed by atoms with van der Waals surface area (Å²) in [4.78, 5) is 26.7. The number of hydrogen-bond donors (Lipinski definition) is 5. The maximum absolute atomic E-state index is 13.9. The highest BCUT2D eigenvalue weighted by molar-refractivity contribution is 5.91. The second-order valence-corrected chi connectivity index (χ2v) is 15.8. The Kier molecular flexibility index (Phi) is 8.80. The summed E-state index contributed by atoms with van der Waals surface area (Å²) < 4.78 is 11.8. The van der Waals surface area contributed by atoms with Crippen molar-refractivity contribution in [1.82, 2.24) is 0 Å². The third-order valence-electron chi connectivity index (χ3n) is 11.9. The van der Waals surface area contributed by atoms with Gasteiger partial charge in [0.1, 0.15) is 30.2 Å². The molecule has 0 bridgehead atoms. The second kappa shape index (κ2) is 11.5. The molecule has 1 saturated heterocycles. The monoisotopic (exact) mass is 616 g/mol. The number of rotatable bonds is 7. The molecular weight excluding hydrogens is 564 g/mol. The number of Topliss-reactive ketones (excluding diaryl/α,β-unsaturated/α-hetero) is 2. The number of carbonyl (C=O) groups is 2. The molecule has 9 nitrogen and oxygen atoms in total. The quantitative estimate of drug-likeness (QED) is 0.290. The number of allylic oxidation sites excluding steroid dienone is 5. The standard InChI is InChI=1S/C35H52O9/c1-18(14-21(36)16-32(2,3)42)26-28(39)30(41)35(7)23-10-9-22-19(15-20(23)12-13-34(26,35)6)8-11-25(33(22,4)5)44-31-29(40)27(38)24(37)17-43-31/h9,12,15,18,23-27,29-31,37-38,40-42H,8,10-11,13-14,16-17H2,1-7H3. The summed E-state index contributed by atoms with van der Waals surface area (Å²) in [6, 6.07) is 0. The first-order valence-electron chi connectivity index (χ1n) is 16.2. The highest BCUT2D eigenvalue weighted by atomic mass is 16.7. The molecule has 5 N–H and O–H groups in total. The largest absolute Gasteiger partial charge is 0.390 e. The average molecular weight is 617 g/mol. The zero-order valence-corrected chi connectivity index (χ0v) is 27.2. The molecule has 11 unspecified atom stereocenters. The van der Waals surface area contributed by atoms with Gasteiger partial charge in [-0.15, -0.1) is 0 Å². The van der Waals surface area contributed by atoms with Crippen molar-refractivity contribution < 1.29 is 44.6 Å². The summed E-state index contributed by atoms with van der Waals surface area (Å²) >= 11 is 0. The predicted molar refractivity (Wildman–Crippen MR) is 163 cm³/mol. The fourth-order valence-corrected chi connectivity index (χ4v) is 9.31. The van der Waals surface area contributed by atoms with Crippen LogP contribution in [0.4, 0.5) is 0 Å². The van der Waals surface area contributed by atoms with Gasteiger partial charge in [-0.3, -0.25) is 9.59 Å². The smallest absolute Gasteiger partial charge is 0.186 e. The number of aliphatic hydroxyl groups is 5. The molecule has 5 rings (SSSR count). The van der Waals surface area contributed by atoms with E-state index >= 15 is 0 Å². The fraction of sp³-hybridized carbons (Fsp3) is 0.771. The molecule has 1 aliphatic heterocycles. The summed E-state index contributed by atoms with van der Waals surface area (Å²) in [5.74, 6) is -1.14. The Morgan fingerprint density at radius 1 is 1.11 bits per heavy atom. The van der Waals surface area contributed by atoms with E-state index < -0.39 is 58.5 Å². The molecule has 246 valence electrons. The van der Waals surface area contributed by atoms with Gasteiger partial charge in [0.25, 0.3) is 0 Å². The maximum atomic E-state index is 13.9. The van der Waals surface area contributed by atoms with E-state index in [0.29, 0.717) is 19.3 Å². The predicted octanol–water partition coefficient (Wildman–Crippen LogP) is 3.16. The van der Waals surface area contributed by atoms with E-state index in [9.17, 15) is 35.1 Å². The van der Waals surface area contributed by atoms with E-state index in [-0.39, 0.29) is 49.0 Å². The first-order chi connectivity index (χ1) is 20.3. The van der Waals surface area contributed by atoms with Crippen LogP contribution in [0.2, 0.25) is 0 Å². The number of fused-ring (bicyclic) bond motifs is 4. The van der Waals surface area contributed by atoms with E-state index in [1.807, 2.05) is 13.8 Å². The van der Waals surface area contributed by atoms with Crippen molar-refractivity contribution in [2.24, 2.45) is 34.0 Å². The van der Waals surface area contributed by atoms with E-state index in [0.717, 1.165) is 17.6 Å². The lowest BCUT2D eigenvalue weighted by molar-refractivity contribution is -0.291. The molecule has 3 fully saturated rings. The first-order valence-corrected chi connectivity index (χ1v) is 16.2. The van der Waals surface area contributed by atoms with Crippen molar-refractivity contribution in [3.63, 3.8) is 0 Å². The van der Waals surface area contributed by atoms with Crippen molar-refractivity contribution in [1.29, 1.82) is 0 Å². The summed E-state index contributed by atoms with van der Waals surface area (Å²) in [5.41, 5.74) is 0.570. The Bertz CT molecular complexity index is 1260. The Hall–Kier alpha value is -1.72. The van der Waals surface area contributed by atoms with E-state index in [2.05, 4.69) is 39.0 Å². The van der Waals surface area contributed by atoms with E-state index in [1.54, 1.807) is 13.8 Å². The molecule has 0 amide bonds. The Labute approximate surface area is 261 Å². The first kappa shape index (κ1) is 33.6. The van der Waals surface area contributed by atoms with Crippen LogP contribution < -0.4 is 0 Å². The SMILES string of the molecule is CC(CC(=O)CC(C)(C)O)C1C(=O)C(O)C2(C)C3CC=C4C(=CC3=CCC12C)CCC(OC1OCC(O)C(O)C1O)C4(C)C. The lowest BCUT2D eigenvalue weighted by atomic mass is 9.50. The fourth-order valence-electron chi connectivity index (χ4n) is 9.31. The highest BCUT2D eigenvalue weighted by Gasteiger charge is 2.68. The minimum atomic E-state index is -1.36. The Balaban J connectivity index is 1.41. The molecule has 1 heterocycles. The van der Waals surface area contributed by atoms with Crippen LogP contribution in [0.5, 0.6) is 0 Å². The van der Waals surface area contributed by atoms with Gasteiger partial charge in [-0.05, 0) is 73.5 Å². The van der Waals surface area contributed by atoms with Gasteiger partial charge >= 0.3 is 0 Å². The van der Waals surface area contributed by atoms with Gasteiger partial charge in [0.2, 0.25) is 0 Å². The third kappa shape index (κ3) is 5.40. The molecular formula is C35H52O9. The van der Waals surface area contributed by atoms with Gasteiger partial charge in [-0.1, -0.05) is 52.8 Å². The number of ether oxygens (including phenoxy) is 2.